The van der Waals surface area contributed by atoms with Crippen molar-refractivity contribution < 1.29 is 4.73 Å². The van der Waals surface area contributed by atoms with Crippen molar-refractivity contribution in [2.75, 3.05) is 0 Å². The molecule has 0 N–H and O–H groups in total. The van der Waals surface area contributed by atoms with Gasteiger partial charge in [0.1, 0.15) is 4.70 Å². The van der Waals surface area contributed by atoms with Crippen LogP contribution in [0.15, 0.2) is 22.8 Å². The highest BCUT2D eigenvalue weighted by Gasteiger charge is 2.10. The predicted octanol–water partition coefficient (Wildman–Crippen LogP) is 2.90. The maximum atomic E-state index is 11.2. The van der Waals surface area contributed by atoms with Crippen molar-refractivity contribution in [2.24, 2.45) is 0 Å². The van der Waals surface area contributed by atoms with E-state index in [2.05, 4.69) is 38.5 Å². The van der Waals surface area contributed by atoms with E-state index < -0.39 is 0 Å². The number of nitrogens with zero attached hydrogens (tertiary/aromatic N) is 1. The summed E-state index contributed by atoms with van der Waals surface area (Å²) in [6, 6.07) is 3.65. The molecule has 0 unspecified atom stereocenters. The molecule has 0 aromatic carbocycles. The van der Waals surface area contributed by atoms with E-state index in [1.807, 2.05) is 6.07 Å². The molecule has 2 nitrogen and oxygen atoms in total. The summed E-state index contributed by atoms with van der Waals surface area (Å²) in [4.78, 5) is 0. The van der Waals surface area contributed by atoms with E-state index in [0.29, 0.717) is 0 Å². The van der Waals surface area contributed by atoms with E-state index in [9.17, 15) is 5.21 Å². The smallest absolute Gasteiger partial charge is 0.236 e. The Hall–Kier alpha value is 0.120. The second-order valence-corrected chi connectivity index (χ2v) is 6.06. The van der Waals surface area contributed by atoms with Crippen LogP contribution in [0.25, 0.3) is 10.2 Å². The molecule has 2 heterocycles. The van der Waals surface area contributed by atoms with Crippen LogP contribution in [0, 0.1) is 8.09 Å². The van der Waals surface area contributed by atoms with Gasteiger partial charge in [0.15, 0.2) is 6.20 Å². The van der Waals surface area contributed by atoms with Crippen LogP contribution in [0.4, 0.5) is 0 Å². The highest BCUT2D eigenvalue weighted by atomic mass is 127. The van der Waals surface area contributed by atoms with Gasteiger partial charge in [-0.2, -0.15) is 4.73 Å². The van der Waals surface area contributed by atoms with Gasteiger partial charge in [-0.05, 0) is 38.5 Å². The lowest BCUT2D eigenvalue weighted by Gasteiger charge is -1.96. The lowest BCUT2D eigenvalue weighted by atomic mass is 10.4. The molecule has 12 heavy (non-hydrogen) atoms. The number of thiophene rings is 1. The van der Waals surface area contributed by atoms with Crippen molar-refractivity contribution in [2.45, 2.75) is 0 Å². The minimum absolute atomic E-state index is 0.735. The fraction of sp³-hybridized carbons (Fsp3) is 0. The van der Waals surface area contributed by atoms with Crippen LogP contribution in [0.2, 0.25) is 0 Å². The Labute approximate surface area is 95.1 Å². The number of hydrogen-bond acceptors (Lipinski definition) is 2. The normalized spacial score (nSPS) is 10.8. The summed E-state index contributed by atoms with van der Waals surface area (Å²) in [5, 5.41) is 11.2. The number of aromatic nitrogens is 1. The van der Waals surface area contributed by atoms with Crippen LogP contribution in [-0.2, 0) is 0 Å². The molecule has 0 spiro atoms. The van der Waals surface area contributed by atoms with Crippen molar-refractivity contribution in [3.8, 4) is 0 Å². The number of fused-ring (bicyclic) bond motifs is 1. The molecule has 0 aliphatic rings. The lowest BCUT2D eigenvalue weighted by Crippen LogP contribution is -2.25. The first-order chi connectivity index (χ1) is 5.68. The van der Waals surface area contributed by atoms with E-state index in [-0.39, 0.29) is 0 Å². The first-order valence-corrected chi connectivity index (χ1v) is 5.84. The monoisotopic (exact) mass is 355 g/mol. The summed E-state index contributed by atoms with van der Waals surface area (Å²) >= 11 is 7.22. The number of hydrogen-bond donors (Lipinski definition) is 0. The fourth-order valence-corrected chi connectivity index (χ4v) is 3.28. The first kappa shape index (κ1) is 8.71. The summed E-state index contributed by atoms with van der Waals surface area (Å²) < 4.78 is 4.01. The predicted molar refractivity (Wildman–Crippen MR) is 61.2 cm³/mol. The third kappa shape index (κ3) is 1.33. The molecule has 0 aliphatic carbocycles. The van der Waals surface area contributed by atoms with Gasteiger partial charge in [0, 0.05) is 16.6 Å². The van der Waals surface area contributed by atoms with Crippen LogP contribution in [0.3, 0.4) is 0 Å². The van der Waals surface area contributed by atoms with Gasteiger partial charge < -0.3 is 5.21 Å². The summed E-state index contributed by atoms with van der Waals surface area (Å²) in [5.41, 5.74) is 0.735. The topological polar surface area (TPSA) is 26.9 Å². The molecule has 0 fully saturated rings. The Morgan fingerprint density at radius 1 is 1.58 bits per heavy atom. The Kier molecular flexibility index (Phi) is 2.26. The molecular formula is C7H3BrINOS. The van der Waals surface area contributed by atoms with E-state index in [0.717, 1.165) is 22.3 Å². The van der Waals surface area contributed by atoms with Gasteiger partial charge in [-0.15, -0.1) is 11.3 Å². The van der Waals surface area contributed by atoms with E-state index in [1.54, 1.807) is 17.4 Å². The highest BCUT2D eigenvalue weighted by molar-refractivity contribution is 14.1. The zero-order chi connectivity index (χ0) is 8.72. The second kappa shape index (κ2) is 3.12. The molecule has 0 atom stereocenters. The molecule has 0 aliphatic heterocycles. The minimum atomic E-state index is 0.735. The third-order valence-corrected chi connectivity index (χ3v) is 4.33. The van der Waals surface area contributed by atoms with Crippen LogP contribution >= 0.6 is 49.9 Å². The van der Waals surface area contributed by atoms with Crippen molar-refractivity contribution in [1.29, 1.82) is 0 Å². The molecule has 0 saturated heterocycles. The summed E-state index contributed by atoms with van der Waals surface area (Å²) in [5.74, 6) is 0. The van der Waals surface area contributed by atoms with Gasteiger partial charge in [0.2, 0.25) is 5.52 Å². The van der Waals surface area contributed by atoms with Gasteiger partial charge in [0.05, 0.1) is 2.88 Å². The van der Waals surface area contributed by atoms with Gasteiger partial charge in [-0.3, -0.25) is 0 Å². The van der Waals surface area contributed by atoms with Crippen molar-refractivity contribution in [3.05, 3.63) is 30.9 Å². The van der Waals surface area contributed by atoms with Crippen LogP contribution in [0.1, 0.15) is 0 Å². The molecule has 0 amide bonds. The fourth-order valence-electron chi connectivity index (χ4n) is 0.976. The standard InChI is InChI=1S/C7H3BrINOS/c8-4-1-2-10(11)5-3-6(9)12-7(4)5/h1-3H. The Morgan fingerprint density at radius 3 is 3.00 bits per heavy atom. The Bertz CT molecular complexity index is 403. The maximum Gasteiger partial charge on any atom is 0.236 e. The molecule has 2 rings (SSSR count). The third-order valence-electron chi connectivity index (χ3n) is 1.49. The summed E-state index contributed by atoms with van der Waals surface area (Å²) in [6.07, 6.45) is 1.51. The largest absolute Gasteiger partial charge is 0.618 e. The van der Waals surface area contributed by atoms with Crippen LogP contribution in [-0.4, -0.2) is 0 Å². The van der Waals surface area contributed by atoms with Gasteiger partial charge in [0.25, 0.3) is 0 Å². The molecular weight excluding hydrogens is 353 g/mol. The van der Waals surface area contributed by atoms with Crippen molar-refractivity contribution in [3.63, 3.8) is 0 Å². The van der Waals surface area contributed by atoms with Crippen LogP contribution in [0.5, 0.6) is 0 Å². The Balaban J connectivity index is 2.93. The summed E-state index contributed by atoms with van der Waals surface area (Å²) in [6.45, 7) is 0. The molecule has 2 aromatic heterocycles. The zero-order valence-corrected chi connectivity index (χ0v) is 10.3. The van der Waals surface area contributed by atoms with E-state index >= 15 is 0 Å². The van der Waals surface area contributed by atoms with Gasteiger partial charge >= 0.3 is 0 Å². The van der Waals surface area contributed by atoms with Crippen LogP contribution < -0.4 is 4.73 Å². The molecule has 5 heteroatoms. The molecule has 0 bridgehead atoms. The molecule has 62 valence electrons. The van der Waals surface area contributed by atoms with Gasteiger partial charge in [-0.25, -0.2) is 0 Å². The lowest BCUT2D eigenvalue weighted by molar-refractivity contribution is -0.576. The minimum Gasteiger partial charge on any atom is -0.618 e. The first-order valence-electron chi connectivity index (χ1n) is 3.15. The SMILES string of the molecule is [O-][n+]1ccc(Br)c2sc(I)cc21. The average molecular weight is 356 g/mol. The molecule has 0 radical (unpaired) electrons. The second-order valence-electron chi connectivity index (χ2n) is 2.25. The zero-order valence-electron chi connectivity index (χ0n) is 5.75. The van der Waals surface area contributed by atoms with E-state index in [4.69, 9.17) is 0 Å². The molecule has 0 saturated carbocycles. The average Bonchev–Trinajstić information content (AvgIpc) is 2.41. The Morgan fingerprint density at radius 2 is 2.33 bits per heavy atom. The summed E-state index contributed by atoms with van der Waals surface area (Å²) in [7, 11) is 0. The number of pyridine rings is 1. The van der Waals surface area contributed by atoms with Gasteiger partial charge in [-0.1, -0.05) is 0 Å². The van der Waals surface area contributed by atoms with Crippen molar-refractivity contribution in [1.82, 2.24) is 0 Å². The number of rotatable bonds is 0. The maximum absolute atomic E-state index is 11.2. The highest BCUT2D eigenvalue weighted by Crippen LogP contribution is 2.30. The van der Waals surface area contributed by atoms with E-state index in [1.165, 1.54) is 6.20 Å². The molecule has 2 aromatic rings. The van der Waals surface area contributed by atoms with Crippen molar-refractivity contribution >= 4 is 60.1 Å². The number of halogens is 2. The quantitative estimate of drug-likeness (QED) is 0.405.